The topological polar surface area (TPSA) is 108 Å². The maximum Gasteiger partial charge on any atom is 0.338 e. The maximum atomic E-state index is 12.0. The molecule has 0 saturated heterocycles. The Morgan fingerprint density at radius 1 is 1.19 bits per heavy atom. The number of hydrogen-bond donors (Lipinski definition) is 1. The van der Waals surface area contributed by atoms with Crippen LogP contribution in [0.2, 0.25) is 5.02 Å². The van der Waals surface area contributed by atoms with E-state index in [4.69, 9.17) is 21.1 Å². The van der Waals surface area contributed by atoms with E-state index in [-0.39, 0.29) is 28.1 Å². The van der Waals surface area contributed by atoms with Crippen LogP contribution < -0.4 is 10.1 Å². The number of nitrogens with one attached hydrogen (secondary N) is 1. The quantitative estimate of drug-likeness (QED) is 0.436. The van der Waals surface area contributed by atoms with Crippen molar-refractivity contribution >= 4 is 34.9 Å². The monoisotopic (exact) mass is 392 g/mol. The molecule has 0 heterocycles. The van der Waals surface area contributed by atoms with Gasteiger partial charge in [0.1, 0.15) is 11.4 Å². The summed E-state index contributed by atoms with van der Waals surface area (Å²) in [6.45, 7) is 3.17. The molecule has 0 atom stereocenters. The molecule has 2 aromatic rings. The van der Waals surface area contributed by atoms with Gasteiger partial charge in [0.05, 0.1) is 16.6 Å². The third kappa shape index (κ3) is 5.96. The van der Waals surface area contributed by atoms with Crippen LogP contribution in [0.5, 0.6) is 5.75 Å². The summed E-state index contributed by atoms with van der Waals surface area (Å²) in [6, 6.07) is 10.1. The van der Waals surface area contributed by atoms with E-state index in [9.17, 15) is 19.7 Å². The lowest BCUT2D eigenvalue weighted by Gasteiger charge is -2.10. The number of halogens is 1. The number of nitrogens with zero attached hydrogens (tertiary/aromatic N) is 1. The number of carbonyl (C=O) groups excluding carboxylic acids is 2. The highest BCUT2D eigenvalue weighted by molar-refractivity contribution is 6.31. The molecule has 0 aliphatic carbocycles. The van der Waals surface area contributed by atoms with Crippen LogP contribution in [-0.4, -0.2) is 29.5 Å². The summed E-state index contributed by atoms with van der Waals surface area (Å²) in [5.41, 5.74) is -0.153. The second kappa shape index (κ2) is 9.00. The molecule has 27 heavy (non-hydrogen) atoms. The fraction of sp³-hybridized carbons (Fsp3) is 0.222. The molecule has 0 aliphatic rings. The SMILES string of the molecule is CC(C)Oc1ccc(C(=O)OCC(=O)Nc2ccc(Cl)cc2[N+](=O)[O-])cc1. The van der Waals surface area contributed by atoms with Gasteiger partial charge in [0.2, 0.25) is 0 Å². The highest BCUT2D eigenvalue weighted by Gasteiger charge is 2.17. The summed E-state index contributed by atoms with van der Waals surface area (Å²) in [4.78, 5) is 34.2. The molecule has 2 aromatic carbocycles. The lowest BCUT2D eigenvalue weighted by atomic mass is 10.2. The van der Waals surface area contributed by atoms with Crippen LogP contribution in [0.3, 0.4) is 0 Å². The van der Waals surface area contributed by atoms with E-state index >= 15 is 0 Å². The normalized spacial score (nSPS) is 10.4. The Kier molecular flexibility index (Phi) is 6.73. The molecule has 0 unspecified atom stereocenters. The van der Waals surface area contributed by atoms with Crippen LogP contribution in [0.1, 0.15) is 24.2 Å². The van der Waals surface area contributed by atoms with Gasteiger partial charge in [-0.3, -0.25) is 14.9 Å². The van der Waals surface area contributed by atoms with Crippen LogP contribution in [0, 0.1) is 10.1 Å². The summed E-state index contributed by atoms with van der Waals surface area (Å²) < 4.78 is 10.4. The molecule has 0 spiro atoms. The van der Waals surface area contributed by atoms with Gasteiger partial charge >= 0.3 is 5.97 Å². The summed E-state index contributed by atoms with van der Waals surface area (Å²) in [5.74, 6) is -0.810. The lowest BCUT2D eigenvalue weighted by Crippen LogP contribution is -2.21. The minimum absolute atomic E-state index is 0.00317. The summed E-state index contributed by atoms with van der Waals surface area (Å²) >= 11 is 5.71. The molecule has 0 radical (unpaired) electrons. The number of ether oxygens (including phenoxy) is 2. The van der Waals surface area contributed by atoms with E-state index in [1.165, 1.54) is 24.3 Å². The van der Waals surface area contributed by atoms with Crippen LogP contribution in [0.15, 0.2) is 42.5 Å². The summed E-state index contributed by atoms with van der Waals surface area (Å²) in [5, 5.41) is 13.5. The number of benzene rings is 2. The molecule has 0 saturated carbocycles. The number of nitro benzene ring substituents is 1. The zero-order chi connectivity index (χ0) is 20.0. The molecule has 0 fully saturated rings. The zero-order valence-electron chi connectivity index (χ0n) is 14.6. The van der Waals surface area contributed by atoms with Crippen molar-refractivity contribution in [3.63, 3.8) is 0 Å². The summed E-state index contributed by atoms with van der Waals surface area (Å²) in [6.07, 6.45) is 0.00317. The number of anilines is 1. The molecule has 0 aliphatic heterocycles. The number of nitro groups is 1. The van der Waals surface area contributed by atoms with Gasteiger partial charge < -0.3 is 14.8 Å². The van der Waals surface area contributed by atoms with Crippen molar-refractivity contribution in [1.82, 2.24) is 0 Å². The Bertz CT molecular complexity index is 851. The van der Waals surface area contributed by atoms with Crippen molar-refractivity contribution in [3.8, 4) is 5.75 Å². The van der Waals surface area contributed by atoms with Crippen LogP contribution in [0.4, 0.5) is 11.4 Å². The van der Waals surface area contributed by atoms with Crippen molar-refractivity contribution in [2.24, 2.45) is 0 Å². The van der Waals surface area contributed by atoms with Gasteiger partial charge in [0, 0.05) is 11.1 Å². The number of rotatable bonds is 7. The van der Waals surface area contributed by atoms with Gasteiger partial charge in [-0.1, -0.05) is 11.6 Å². The largest absolute Gasteiger partial charge is 0.491 e. The van der Waals surface area contributed by atoms with Gasteiger partial charge in [-0.25, -0.2) is 4.79 Å². The minimum atomic E-state index is -0.714. The third-order valence-electron chi connectivity index (χ3n) is 3.23. The first-order valence-electron chi connectivity index (χ1n) is 7.94. The van der Waals surface area contributed by atoms with Crippen LogP contribution in [0.25, 0.3) is 0 Å². The van der Waals surface area contributed by atoms with Crippen molar-refractivity contribution in [2.45, 2.75) is 20.0 Å². The second-order valence-electron chi connectivity index (χ2n) is 5.73. The lowest BCUT2D eigenvalue weighted by molar-refractivity contribution is -0.383. The minimum Gasteiger partial charge on any atom is -0.491 e. The van der Waals surface area contributed by atoms with Crippen molar-refractivity contribution in [2.75, 3.05) is 11.9 Å². The predicted molar refractivity (Wildman–Crippen MR) is 99.2 cm³/mol. The standard InChI is InChI=1S/C18H17ClN2O6/c1-11(2)27-14-6-3-12(4-7-14)18(23)26-10-17(22)20-15-8-5-13(19)9-16(15)21(24)25/h3-9,11H,10H2,1-2H3,(H,20,22). The molecular weight excluding hydrogens is 376 g/mol. The van der Waals surface area contributed by atoms with Crippen LogP contribution in [-0.2, 0) is 9.53 Å². The number of amides is 1. The van der Waals surface area contributed by atoms with Crippen LogP contribution >= 0.6 is 11.6 Å². The number of hydrogen-bond acceptors (Lipinski definition) is 6. The van der Waals surface area contributed by atoms with Gasteiger partial charge in [-0.15, -0.1) is 0 Å². The predicted octanol–water partition coefficient (Wildman–Crippen LogP) is 3.83. The highest BCUT2D eigenvalue weighted by Crippen LogP contribution is 2.27. The van der Waals surface area contributed by atoms with Crippen molar-refractivity contribution in [3.05, 3.63) is 63.2 Å². The third-order valence-corrected chi connectivity index (χ3v) is 3.46. The Hall–Kier alpha value is -3.13. The van der Waals surface area contributed by atoms with Crippen molar-refractivity contribution < 1.29 is 24.0 Å². The van der Waals surface area contributed by atoms with Gasteiger partial charge in [-0.05, 0) is 50.2 Å². The fourth-order valence-corrected chi connectivity index (χ4v) is 2.27. The first-order valence-corrected chi connectivity index (χ1v) is 8.31. The van der Waals surface area contributed by atoms with E-state index in [1.54, 1.807) is 12.1 Å². The van der Waals surface area contributed by atoms with E-state index in [2.05, 4.69) is 5.32 Å². The van der Waals surface area contributed by atoms with Crippen molar-refractivity contribution in [1.29, 1.82) is 0 Å². The highest BCUT2D eigenvalue weighted by atomic mass is 35.5. The average Bonchev–Trinajstić information content (AvgIpc) is 2.61. The molecular formula is C18H17ClN2O6. The molecule has 0 aromatic heterocycles. The first kappa shape index (κ1) is 20.2. The Morgan fingerprint density at radius 3 is 2.44 bits per heavy atom. The molecule has 8 nitrogen and oxygen atoms in total. The second-order valence-corrected chi connectivity index (χ2v) is 6.17. The van der Waals surface area contributed by atoms with E-state index in [0.29, 0.717) is 5.75 Å². The zero-order valence-corrected chi connectivity index (χ0v) is 15.4. The maximum absolute atomic E-state index is 12.0. The molecule has 1 N–H and O–H groups in total. The Morgan fingerprint density at radius 2 is 1.85 bits per heavy atom. The number of carbonyl (C=O) groups is 2. The average molecular weight is 393 g/mol. The van der Waals surface area contributed by atoms with E-state index in [1.807, 2.05) is 13.8 Å². The molecule has 0 bridgehead atoms. The van der Waals surface area contributed by atoms with Gasteiger partial charge in [0.25, 0.3) is 11.6 Å². The molecule has 1 amide bonds. The smallest absolute Gasteiger partial charge is 0.338 e. The molecule has 9 heteroatoms. The van der Waals surface area contributed by atoms with E-state index in [0.717, 1.165) is 6.07 Å². The number of esters is 1. The molecule has 2 rings (SSSR count). The fourth-order valence-electron chi connectivity index (χ4n) is 2.10. The van der Waals surface area contributed by atoms with E-state index < -0.39 is 23.4 Å². The van der Waals surface area contributed by atoms with Gasteiger partial charge in [0.15, 0.2) is 6.61 Å². The Labute approximate surface area is 160 Å². The van der Waals surface area contributed by atoms with Gasteiger partial charge in [-0.2, -0.15) is 0 Å². The first-order chi connectivity index (χ1) is 12.8. The summed E-state index contributed by atoms with van der Waals surface area (Å²) in [7, 11) is 0. The molecule has 142 valence electrons. The Balaban J connectivity index is 1.94.